The molecule has 0 spiro atoms. The Balaban J connectivity index is 4.95. The summed E-state index contributed by atoms with van der Waals surface area (Å²) in [5.74, 6) is 0. The molecular weight excluding hydrogens is 187 g/mol. The molecule has 5 heteroatoms. The first kappa shape index (κ1) is 12.2. The Morgan fingerprint density at radius 2 is 2.23 bits per heavy atom. The predicted octanol–water partition coefficient (Wildman–Crippen LogP) is 0.640. The van der Waals surface area contributed by atoms with Gasteiger partial charge in [-0.2, -0.15) is 8.42 Å². The van der Waals surface area contributed by atoms with Gasteiger partial charge in [-0.3, -0.25) is 4.18 Å². The average Bonchev–Trinajstić information content (AvgIpc) is 2.12. The average molecular weight is 200 g/mol. The molecule has 0 saturated carbocycles. The molecule has 0 aliphatic rings. The van der Waals surface area contributed by atoms with Gasteiger partial charge in [-0.25, -0.2) is 0 Å². The fourth-order valence-corrected chi connectivity index (χ4v) is 1.39. The van der Waals surface area contributed by atoms with E-state index in [1.165, 1.54) is 18.2 Å². The van der Waals surface area contributed by atoms with Gasteiger partial charge in [0.1, 0.15) is 7.85 Å². The molecule has 0 aliphatic carbocycles. The third-order valence-electron chi connectivity index (χ3n) is 1.31. The number of hydrogen-bond acceptors (Lipinski definition) is 3. The van der Waals surface area contributed by atoms with Gasteiger partial charge in [0.15, 0.2) is 0 Å². The standard InChI is InChI=1S/C8H13BO3S/c1-3-5-8(6-4-7-9)13(10,11)12-2/h3-6H,1,7,9H2,2H3/b6-4-,8-5+. The van der Waals surface area contributed by atoms with Crippen LogP contribution in [-0.4, -0.2) is 23.4 Å². The molecule has 13 heavy (non-hydrogen) atoms. The maximum absolute atomic E-state index is 11.2. The molecule has 0 heterocycles. The van der Waals surface area contributed by atoms with Gasteiger partial charge in [0.2, 0.25) is 0 Å². The second kappa shape index (κ2) is 5.77. The molecule has 0 rings (SSSR count). The van der Waals surface area contributed by atoms with Crippen LogP contribution in [0.15, 0.2) is 35.8 Å². The van der Waals surface area contributed by atoms with Gasteiger partial charge in [-0.05, 0) is 12.2 Å². The molecular formula is C8H13BO3S. The van der Waals surface area contributed by atoms with E-state index in [-0.39, 0.29) is 4.91 Å². The Bertz CT molecular complexity index is 314. The molecule has 72 valence electrons. The summed E-state index contributed by atoms with van der Waals surface area (Å²) in [5, 5.41) is 0. The van der Waals surface area contributed by atoms with E-state index in [1.54, 1.807) is 6.08 Å². The van der Waals surface area contributed by atoms with Gasteiger partial charge in [-0.1, -0.05) is 25.1 Å². The highest BCUT2D eigenvalue weighted by molar-refractivity contribution is 7.90. The zero-order valence-corrected chi connectivity index (χ0v) is 8.67. The minimum Gasteiger partial charge on any atom is -0.270 e. The van der Waals surface area contributed by atoms with E-state index in [1.807, 2.05) is 7.85 Å². The second-order valence-electron chi connectivity index (χ2n) is 2.24. The lowest BCUT2D eigenvalue weighted by atomic mass is 10.1. The Labute approximate surface area is 80.3 Å². The van der Waals surface area contributed by atoms with Crippen LogP contribution >= 0.6 is 0 Å². The summed E-state index contributed by atoms with van der Waals surface area (Å²) in [4.78, 5) is 0.117. The first-order valence-electron chi connectivity index (χ1n) is 3.88. The third kappa shape index (κ3) is 4.10. The first-order valence-corrected chi connectivity index (χ1v) is 5.29. The number of allylic oxidation sites excluding steroid dienone is 4. The van der Waals surface area contributed by atoms with Crippen molar-refractivity contribution in [2.24, 2.45) is 0 Å². The summed E-state index contributed by atoms with van der Waals surface area (Å²) in [6.07, 6.45) is 6.82. The predicted molar refractivity (Wildman–Crippen MR) is 56.7 cm³/mol. The molecule has 0 aromatic rings. The van der Waals surface area contributed by atoms with E-state index >= 15 is 0 Å². The highest BCUT2D eigenvalue weighted by Gasteiger charge is 2.12. The third-order valence-corrected chi connectivity index (χ3v) is 2.60. The summed E-state index contributed by atoms with van der Waals surface area (Å²) in [5.41, 5.74) is 0. The van der Waals surface area contributed by atoms with Crippen molar-refractivity contribution in [2.75, 3.05) is 7.11 Å². The molecule has 0 N–H and O–H groups in total. The van der Waals surface area contributed by atoms with Crippen molar-refractivity contribution in [2.45, 2.75) is 6.32 Å². The molecule has 0 amide bonds. The maximum atomic E-state index is 11.2. The van der Waals surface area contributed by atoms with E-state index in [0.29, 0.717) is 0 Å². The Morgan fingerprint density at radius 1 is 1.62 bits per heavy atom. The highest BCUT2D eigenvalue weighted by atomic mass is 32.2. The molecule has 0 saturated heterocycles. The van der Waals surface area contributed by atoms with Gasteiger partial charge in [-0.15, -0.1) is 0 Å². The minimum atomic E-state index is -3.59. The van der Waals surface area contributed by atoms with Crippen LogP contribution < -0.4 is 0 Å². The van der Waals surface area contributed by atoms with Crippen LogP contribution in [0.3, 0.4) is 0 Å². The monoisotopic (exact) mass is 200 g/mol. The van der Waals surface area contributed by atoms with Crippen LogP contribution in [0.1, 0.15) is 0 Å². The lowest BCUT2D eigenvalue weighted by Crippen LogP contribution is -2.03. The first-order chi connectivity index (χ1) is 6.08. The van der Waals surface area contributed by atoms with Gasteiger partial charge in [0, 0.05) is 0 Å². The SMILES string of the molecule is BC/C=C\C(=C/C=C)S(=O)(=O)OC. The number of hydrogen-bond donors (Lipinski definition) is 0. The smallest absolute Gasteiger partial charge is 0.270 e. The molecule has 0 aromatic heterocycles. The highest BCUT2D eigenvalue weighted by Crippen LogP contribution is 2.10. The van der Waals surface area contributed by atoms with Crippen molar-refractivity contribution < 1.29 is 12.6 Å². The van der Waals surface area contributed by atoms with Crippen molar-refractivity contribution >= 4 is 18.0 Å². The van der Waals surface area contributed by atoms with Gasteiger partial charge < -0.3 is 0 Å². The van der Waals surface area contributed by atoms with Crippen molar-refractivity contribution in [3.63, 3.8) is 0 Å². The van der Waals surface area contributed by atoms with E-state index < -0.39 is 10.1 Å². The van der Waals surface area contributed by atoms with Gasteiger partial charge in [0.25, 0.3) is 10.1 Å². The van der Waals surface area contributed by atoms with E-state index in [4.69, 9.17) is 0 Å². The van der Waals surface area contributed by atoms with Crippen LogP contribution in [-0.2, 0) is 14.3 Å². The summed E-state index contributed by atoms with van der Waals surface area (Å²) in [6.45, 7) is 3.43. The van der Waals surface area contributed by atoms with Crippen LogP contribution in [0.4, 0.5) is 0 Å². The summed E-state index contributed by atoms with van der Waals surface area (Å²) in [6, 6.07) is 0. The van der Waals surface area contributed by atoms with Gasteiger partial charge >= 0.3 is 0 Å². The molecule has 0 radical (unpaired) electrons. The topological polar surface area (TPSA) is 43.4 Å². The quantitative estimate of drug-likeness (QED) is 0.371. The molecule has 0 aromatic carbocycles. The molecule has 0 fully saturated rings. The van der Waals surface area contributed by atoms with Gasteiger partial charge in [0.05, 0.1) is 12.0 Å². The van der Waals surface area contributed by atoms with Crippen molar-refractivity contribution in [1.82, 2.24) is 0 Å². The molecule has 0 atom stereocenters. The van der Waals surface area contributed by atoms with Crippen LogP contribution in [0.5, 0.6) is 0 Å². The summed E-state index contributed by atoms with van der Waals surface area (Å²) >= 11 is 0. The molecule has 0 aliphatic heterocycles. The Hall–Kier alpha value is -0.805. The maximum Gasteiger partial charge on any atom is 0.296 e. The van der Waals surface area contributed by atoms with Crippen molar-refractivity contribution in [1.29, 1.82) is 0 Å². The lowest BCUT2D eigenvalue weighted by molar-refractivity contribution is 0.404. The van der Waals surface area contributed by atoms with Crippen molar-refractivity contribution in [3.05, 3.63) is 35.8 Å². The van der Waals surface area contributed by atoms with Crippen LogP contribution in [0.25, 0.3) is 0 Å². The summed E-state index contributed by atoms with van der Waals surface area (Å²) < 4.78 is 26.8. The molecule has 3 nitrogen and oxygen atoms in total. The van der Waals surface area contributed by atoms with Crippen molar-refractivity contribution in [3.8, 4) is 0 Å². The Morgan fingerprint density at radius 3 is 2.62 bits per heavy atom. The van der Waals surface area contributed by atoms with Crippen LogP contribution in [0.2, 0.25) is 6.32 Å². The lowest BCUT2D eigenvalue weighted by Gasteiger charge is -2.00. The largest absolute Gasteiger partial charge is 0.296 e. The Kier molecular flexibility index (Phi) is 5.42. The molecule has 0 unspecified atom stereocenters. The normalized spacial score (nSPS) is 13.5. The second-order valence-corrected chi connectivity index (χ2v) is 3.95. The fourth-order valence-electron chi connectivity index (χ4n) is 0.669. The van der Waals surface area contributed by atoms with E-state index in [2.05, 4.69) is 10.8 Å². The van der Waals surface area contributed by atoms with E-state index in [0.717, 1.165) is 13.4 Å². The molecule has 0 bridgehead atoms. The number of rotatable bonds is 5. The zero-order chi connectivity index (χ0) is 10.3. The van der Waals surface area contributed by atoms with E-state index in [9.17, 15) is 8.42 Å². The van der Waals surface area contributed by atoms with Crippen LogP contribution in [0, 0.1) is 0 Å². The zero-order valence-electron chi connectivity index (χ0n) is 7.86. The minimum absolute atomic E-state index is 0.117. The fraction of sp³-hybridized carbons (Fsp3) is 0.250. The summed E-state index contributed by atoms with van der Waals surface area (Å²) in [7, 11) is -0.543.